The average Bonchev–Trinajstić information content (AvgIpc) is 2.24. The molecule has 0 aliphatic heterocycles. The van der Waals surface area contributed by atoms with E-state index in [4.69, 9.17) is 0 Å². The molecule has 18 heavy (non-hydrogen) atoms. The van der Waals surface area contributed by atoms with Crippen LogP contribution in [0.2, 0.25) is 0 Å². The highest BCUT2D eigenvalue weighted by Gasteiger charge is 2.44. The van der Waals surface area contributed by atoms with Gasteiger partial charge in [-0.05, 0) is 36.0 Å². The zero-order valence-corrected chi connectivity index (χ0v) is 12.8. The fraction of sp³-hybridized carbons (Fsp3) is 1.00. The molecule has 0 aromatic heterocycles. The van der Waals surface area contributed by atoms with E-state index in [2.05, 4.69) is 27.7 Å². The molecule has 0 saturated carbocycles. The van der Waals surface area contributed by atoms with Crippen LogP contribution in [0.15, 0.2) is 0 Å². The quantitative estimate of drug-likeness (QED) is 0.572. The van der Waals surface area contributed by atoms with Crippen LogP contribution in [0.4, 0.5) is 13.2 Å². The van der Waals surface area contributed by atoms with Gasteiger partial charge in [-0.15, -0.1) is 0 Å². The second-order valence-electron chi connectivity index (χ2n) is 6.24. The van der Waals surface area contributed by atoms with Crippen LogP contribution in [-0.4, -0.2) is 6.18 Å². The molecule has 0 heterocycles. The van der Waals surface area contributed by atoms with E-state index in [0.717, 1.165) is 0 Å². The average molecular weight is 266 g/mol. The van der Waals surface area contributed by atoms with Gasteiger partial charge in [-0.2, -0.15) is 13.2 Å². The molecule has 5 atom stereocenters. The predicted octanol–water partition coefficient (Wildman–Crippen LogP) is 5.78. The van der Waals surface area contributed by atoms with Crippen LogP contribution in [0.1, 0.15) is 54.9 Å². The maximum Gasteiger partial charge on any atom is 0.392 e. The number of hydrogen-bond acceptors (Lipinski definition) is 0. The summed E-state index contributed by atoms with van der Waals surface area (Å²) in [6.07, 6.45) is -3.89. The van der Waals surface area contributed by atoms with Crippen molar-refractivity contribution in [2.45, 2.75) is 61.1 Å². The fourth-order valence-corrected chi connectivity index (χ4v) is 2.83. The van der Waals surface area contributed by atoms with Gasteiger partial charge in [0.2, 0.25) is 0 Å². The number of hydrogen-bond donors (Lipinski definition) is 0. The minimum atomic E-state index is -4.07. The smallest absolute Gasteiger partial charge is 0.171 e. The van der Waals surface area contributed by atoms with Crippen LogP contribution in [0.25, 0.3) is 0 Å². The zero-order valence-electron chi connectivity index (χ0n) is 12.8. The Morgan fingerprint density at radius 2 is 1.11 bits per heavy atom. The number of alkyl halides is 3. The fourth-order valence-electron chi connectivity index (χ4n) is 2.83. The van der Waals surface area contributed by atoms with Crippen molar-refractivity contribution < 1.29 is 13.2 Å². The normalized spacial score (nSPS) is 21.5. The van der Waals surface area contributed by atoms with E-state index in [-0.39, 0.29) is 18.3 Å². The van der Waals surface area contributed by atoms with Gasteiger partial charge in [0, 0.05) is 0 Å². The molecule has 0 N–H and O–H groups in total. The first-order chi connectivity index (χ1) is 8.03. The van der Waals surface area contributed by atoms with E-state index < -0.39 is 12.1 Å². The molecule has 5 unspecified atom stereocenters. The van der Waals surface area contributed by atoms with E-state index in [0.29, 0.717) is 17.8 Å². The lowest BCUT2D eigenvalue weighted by Crippen LogP contribution is -2.35. The Balaban J connectivity index is 4.81. The Morgan fingerprint density at radius 3 is 1.39 bits per heavy atom. The van der Waals surface area contributed by atoms with Crippen molar-refractivity contribution in [3.8, 4) is 0 Å². The molecule has 0 aromatic carbocycles. The summed E-state index contributed by atoms with van der Waals surface area (Å²) >= 11 is 0. The van der Waals surface area contributed by atoms with E-state index >= 15 is 0 Å². The summed E-state index contributed by atoms with van der Waals surface area (Å²) in [5, 5.41) is 0. The van der Waals surface area contributed by atoms with Crippen molar-refractivity contribution >= 4 is 0 Å². The molecule has 0 nitrogen and oxygen atoms in total. The highest BCUT2D eigenvalue weighted by molar-refractivity contribution is 4.81. The molecule has 3 heteroatoms. The molecule has 0 fully saturated rings. The monoisotopic (exact) mass is 266 g/mol. The lowest BCUT2D eigenvalue weighted by molar-refractivity contribution is -0.194. The second kappa shape index (κ2) is 6.81. The summed E-state index contributed by atoms with van der Waals surface area (Å²) in [5.74, 6) is -0.111. The zero-order chi connectivity index (χ0) is 14.7. The van der Waals surface area contributed by atoms with Crippen LogP contribution in [0.5, 0.6) is 0 Å². The molecule has 0 aliphatic rings. The molecule has 110 valence electrons. The van der Waals surface area contributed by atoms with Crippen molar-refractivity contribution in [2.24, 2.45) is 35.5 Å². The van der Waals surface area contributed by atoms with Gasteiger partial charge in [-0.1, -0.05) is 48.5 Å². The first-order valence-electron chi connectivity index (χ1n) is 7.10. The van der Waals surface area contributed by atoms with Crippen LogP contribution < -0.4 is 0 Å². The van der Waals surface area contributed by atoms with Gasteiger partial charge < -0.3 is 0 Å². The lowest BCUT2D eigenvalue weighted by atomic mass is 9.70. The molecule has 0 bridgehead atoms. The first kappa shape index (κ1) is 17.8. The van der Waals surface area contributed by atoms with Gasteiger partial charge in [0.05, 0.1) is 5.92 Å². The van der Waals surface area contributed by atoms with Gasteiger partial charge in [-0.3, -0.25) is 0 Å². The summed E-state index contributed by atoms with van der Waals surface area (Å²) in [6.45, 7) is 13.9. The molecular weight excluding hydrogens is 237 g/mol. The topological polar surface area (TPSA) is 0 Å². The highest BCUT2D eigenvalue weighted by atomic mass is 19.4. The van der Waals surface area contributed by atoms with Gasteiger partial charge in [0.25, 0.3) is 0 Å². The van der Waals surface area contributed by atoms with Crippen molar-refractivity contribution in [1.29, 1.82) is 0 Å². The van der Waals surface area contributed by atoms with Crippen molar-refractivity contribution in [1.82, 2.24) is 0 Å². The standard InChI is InChI=1S/C15H29F3/c1-8-14(15(16,17)18)13(7)12(6)11(5)10(4)9(2)3/h9-14H,8H2,1-7H3. The van der Waals surface area contributed by atoms with Crippen LogP contribution in [-0.2, 0) is 0 Å². The third-order valence-electron chi connectivity index (χ3n) is 5.03. The molecular formula is C15H29F3. The third-order valence-corrected chi connectivity index (χ3v) is 5.03. The lowest BCUT2D eigenvalue weighted by Gasteiger charge is -2.36. The molecule has 0 aromatic rings. The Morgan fingerprint density at radius 1 is 0.722 bits per heavy atom. The molecule has 0 aliphatic carbocycles. The molecule has 0 spiro atoms. The van der Waals surface area contributed by atoms with Crippen molar-refractivity contribution in [2.75, 3.05) is 0 Å². The van der Waals surface area contributed by atoms with E-state index in [1.54, 1.807) is 13.8 Å². The highest BCUT2D eigenvalue weighted by Crippen LogP contribution is 2.41. The molecule has 0 saturated heterocycles. The maximum absolute atomic E-state index is 13.0. The Bertz CT molecular complexity index is 232. The molecule has 0 amide bonds. The SMILES string of the molecule is CCC(C(C)C(C)C(C)C(C)C(C)C)C(F)(F)F. The summed E-state index contributed by atoms with van der Waals surface area (Å²) in [4.78, 5) is 0. The third kappa shape index (κ3) is 4.47. The summed E-state index contributed by atoms with van der Waals surface area (Å²) in [6, 6.07) is 0. The van der Waals surface area contributed by atoms with Crippen LogP contribution >= 0.6 is 0 Å². The van der Waals surface area contributed by atoms with Crippen LogP contribution in [0.3, 0.4) is 0 Å². The Hall–Kier alpha value is -0.210. The first-order valence-corrected chi connectivity index (χ1v) is 7.10. The summed E-state index contributed by atoms with van der Waals surface area (Å²) in [7, 11) is 0. The Kier molecular flexibility index (Phi) is 6.73. The number of rotatable bonds is 6. The van der Waals surface area contributed by atoms with E-state index in [9.17, 15) is 13.2 Å². The Labute approximate surface area is 110 Å². The minimum Gasteiger partial charge on any atom is -0.171 e. The van der Waals surface area contributed by atoms with E-state index in [1.807, 2.05) is 6.92 Å². The van der Waals surface area contributed by atoms with E-state index in [1.165, 1.54) is 0 Å². The largest absolute Gasteiger partial charge is 0.392 e. The maximum atomic E-state index is 13.0. The minimum absolute atomic E-state index is 0.0916. The summed E-state index contributed by atoms with van der Waals surface area (Å²) in [5.41, 5.74) is 0. The molecule has 0 radical (unpaired) electrons. The summed E-state index contributed by atoms with van der Waals surface area (Å²) < 4.78 is 38.9. The van der Waals surface area contributed by atoms with Crippen molar-refractivity contribution in [3.63, 3.8) is 0 Å². The van der Waals surface area contributed by atoms with Gasteiger partial charge in [-0.25, -0.2) is 0 Å². The molecule has 0 rings (SSSR count). The van der Waals surface area contributed by atoms with Crippen LogP contribution in [0, 0.1) is 35.5 Å². The number of halogens is 3. The van der Waals surface area contributed by atoms with Gasteiger partial charge in [0.1, 0.15) is 0 Å². The van der Waals surface area contributed by atoms with Gasteiger partial charge in [0.15, 0.2) is 0 Å². The van der Waals surface area contributed by atoms with Gasteiger partial charge >= 0.3 is 6.18 Å². The predicted molar refractivity (Wildman–Crippen MR) is 71.3 cm³/mol. The van der Waals surface area contributed by atoms with Crippen molar-refractivity contribution in [3.05, 3.63) is 0 Å². The second-order valence-corrected chi connectivity index (χ2v) is 6.24.